The molecule has 0 amide bonds. The molecule has 0 spiro atoms. The number of halogens is 5. The van der Waals surface area contributed by atoms with Crippen molar-refractivity contribution in [1.82, 2.24) is 0 Å². The molecule has 0 saturated heterocycles. The van der Waals surface area contributed by atoms with E-state index in [1.54, 1.807) is 0 Å². The molecular weight excluding hydrogens is 212 g/mol. The van der Waals surface area contributed by atoms with E-state index >= 15 is 0 Å². The third-order valence-corrected chi connectivity index (χ3v) is 1.35. The lowest BCUT2D eigenvalue weighted by Crippen LogP contribution is -2.28. The minimum absolute atomic E-state index is 1.41. The number of alkyl halides is 5. The summed E-state index contributed by atoms with van der Waals surface area (Å²) in [5.41, 5.74) is 0. The Morgan fingerprint density at radius 3 is 1.25 bits per heavy atom. The van der Waals surface area contributed by atoms with Crippen LogP contribution in [0.5, 0.6) is 0 Å². The summed E-state index contributed by atoms with van der Waals surface area (Å²) in [6.07, 6.45) is 0. The van der Waals surface area contributed by atoms with Crippen LogP contribution in [-0.4, -0.2) is 10.1 Å². The van der Waals surface area contributed by atoms with Crippen LogP contribution in [0.15, 0.2) is 0 Å². The molecule has 0 fully saturated rings. The molecule has 0 atom stereocenters. The molecule has 6 heteroatoms. The van der Waals surface area contributed by atoms with Gasteiger partial charge in [-0.1, -0.05) is 0 Å². The quantitative estimate of drug-likeness (QED) is 0.463. The molecule has 49 valence electrons. The van der Waals surface area contributed by atoms with Crippen LogP contribution in [0.4, 0.5) is 17.6 Å². The van der Waals surface area contributed by atoms with Crippen molar-refractivity contribution >= 4 is 28.6 Å². The highest BCUT2D eigenvalue weighted by Crippen LogP contribution is 2.41. The molecule has 1 radical (unpaired) electrons. The van der Waals surface area contributed by atoms with Gasteiger partial charge in [0.25, 0.3) is 0 Å². The van der Waals surface area contributed by atoms with Gasteiger partial charge in [0.15, 0.2) is 0 Å². The van der Waals surface area contributed by atoms with Crippen LogP contribution in [0.3, 0.4) is 0 Å². The number of hydrogen-bond donors (Lipinski definition) is 0. The molecule has 0 heterocycles. The molecule has 8 heavy (non-hydrogen) atoms. The van der Waals surface area contributed by atoms with Gasteiger partial charge in [-0.25, -0.2) is 0 Å². The molecule has 0 aromatic carbocycles. The Labute approximate surface area is 56.8 Å². The predicted molar refractivity (Wildman–Crippen MR) is 26.4 cm³/mol. The molecule has 0 aromatic rings. The number of rotatable bonds is 1. The molecule has 0 unspecified atom stereocenters. The van der Waals surface area contributed by atoms with Gasteiger partial charge in [0.1, 0.15) is 0 Å². The lowest BCUT2D eigenvalue weighted by molar-refractivity contribution is -0.0763. The highest BCUT2D eigenvalue weighted by molar-refractivity contribution is 9.10. The zero-order chi connectivity index (χ0) is 7.00. The maximum atomic E-state index is 11.3. The van der Waals surface area contributed by atoms with E-state index < -0.39 is 10.1 Å². The average Bonchev–Trinajstić information content (AvgIpc) is 1.25. The minimum Gasteiger partial charge on any atom is -0.186 e. The summed E-state index contributed by atoms with van der Waals surface area (Å²) in [5.74, 6) is 0. The second kappa shape index (κ2) is 2.06. The molecule has 0 aromatic heterocycles. The Hall–Kier alpha value is 0.550. The normalized spacial score (nSPS) is 14.2. The first-order valence-electron chi connectivity index (χ1n) is 1.40. The Bertz CT molecular complexity index is 69.0. The molecule has 0 saturated carbocycles. The van der Waals surface area contributed by atoms with Gasteiger partial charge in [0.05, 0.1) is 0 Å². The summed E-state index contributed by atoms with van der Waals surface area (Å²) in [6.45, 7) is 0. The van der Waals surface area contributed by atoms with E-state index in [0.717, 1.165) is 0 Å². The van der Waals surface area contributed by atoms with Gasteiger partial charge >= 0.3 is 10.1 Å². The van der Waals surface area contributed by atoms with E-state index in [1.807, 2.05) is 0 Å². The molecule has 0 bridgehead atoms. The monoisotopic (exact) mass is 211 g/mol. The third-order valence-electron chi connectivity index (χ3n) is 0.330. The van der Waals surface area contributed by atoms with Crippen molar-refractivity contribution in [3.05, 3.63) is 0 Å². The van der Waals surface area contributed by atoms with Crippen LogP contribution >= 0.6 is 28.6 Å². The van der Waals surface area contributed by atoms with Crippen molar-refractivity contribution in [3.63, 3.8) is 0 Å². The van der Waals surface area contributed by atoms with Crippen LogP contribution in [0, 0.1) is 0 Å². The lowest BCUT2D eigenvalue weighted by Gasteiger charge is -2.13. The largest absolute Gasteiger partial charge is 0.376 e. The van der Waals surface area contributed by atoms with Crippen LogP contribution in [0.2, 0.25) is 0 Å². The van der Waals surface area contributed by atoms with Crippen molar-refractivity contribution in [2.75, 3.05) is 0 Å². The van der Waals surface area contributed by atoms with E-state index in [2.05, 4.69) is 12.6 Å². The van der Waals surface area contributed by atoms with E-state index in [0.29, 0.717) is 0 Å². The average molecular weight is 212 g/mol. The van der Waals surface area contributed by atoms with Crippen LogP contribution < -0.4 is 0 Å². The fraction of sp³-hybridized carbons (Fsp3) is 1.00. The SMILES string of the molecule is FC(F)([S])C(F)(F)Br. The molecule has 0 aliphatic rings. The first-order valence-corrected chi connectivity index (χ1v) is 2.60. The summed E-state index contributed by atoms with van der Waals surface area (Å²) >= 11 is 4.50. The lowest BCUT2D eigenvalue weighted by atomic mass is 10.7. The second-order valence-electron chi connectivity index (χ2n) is 1.01. The molecule has 0 N–H and O–H groups in total. The Kier molecular flexibility index (Phi) is 2.20. The zero-order valence-corrected chi connectivity index (χ0v) is 5.70. The number of hydrogen-bond acceptors (Lipinski definition) is 0. The highest BCUT2D eigenvalue weighted by atomic mass is 79.9. The van der Waals surface area contributed by atoms with E-state index in [-0.39, 0.29) is 0 Å². The van der Waals surface area contributed by atoms with Crippen molar-refractivity contribution < 1.29 is 17.6 Å². The maximum absolute atomic E-state index is 11.3. The van der Waals surface area contributed by atoms with Gasteiger partial charge in [0.2, 0.25) is 0 Å². The van der Waals surface area contributed by atoms with Gasteiger partial charge < -0.3 is 0 Å². The summed E-state index contributed by atoms with van der Waals surface area (Å²) in [4.78, 5) is -4.27. The van der Waals surface area contributed by atoms with Crippen molar-refractivity contribution in [1.29, 1.82) is 0 Å². The standard InChI is InChI=1S/C2BrF4S/c3-1(4,5)2(6,7)8. The fourth-order valence-electron chi connectivity index (χ4n) is 0. The first kappa shape index (κ1) is 8.55. The van der Waals surface area contributed by atoms with Crippen LogP contribution in [-0.2, 0) is 0 Å². The smallest absolute Gasteiger partial charge is 0.186 e. The molecule has 0 aliphatic carbocycles. The molecular formula is C2BrF4S. The summed E-state index contributed by atoms with van der Waals surface area (Å²) in [7, 11) is 0. The van der Waals surface area contributed by atoms with Gasteiger partial charge in [0, 0.05) is 0 Å². The summed E-state index contributed by atoms with van der Waals surface area (Å²) in [6, 6.07) is 0. The van der Waals surface area contributed by atoms with E-state index in [4.69, 9.17) is 0 Å². The Morgan fingerprint density at radius 1 is 1.12 bits per heavy atom. The maximum Gasteiger partial charge on any atom is 0.376 e. The second-order valence-corrected chi connectivity index (χ2v) is 2.52. The van der Waals surface area contributed by atoms with Gasteiger partial charge in [-0.3, -0.25) is 0 Å². The molecule has 0 nitrogen and oxygen atoms in total. The Balaban J connectivity index is 4.02. The predicted octanol–water partition coefficient (Wildman–Crippen LogP) is 2.76. The molecule has 0 aliphatic heterocycles. The van der Waals surface area contributed by atoms with Crippen molar-refractivity contribution in [2.45, 2.75) is 10.1 Å². The zero-order valence-electron chi connectivity index (χ0n) is 3.30. The topological polar surface area (TPSA) is 0 Å². The third kappa shape index (κ3) is 2.21. The Morgan fingerprint density at radius 2 is 1.25 bits per heavy atom. The first-order chi connectivity index (χ1) is 3.25. The summed E-state index contributed by atoms with van der Waals surface area (Å²) in [5, 5.41) is -4.40. The fourth-order valence-corrected chi connectivity index (χ4v) is 0. The van der Waals surface area contributed by atoms with E-state index in [1.165, 1.54) is 15.9 Å². The minimum atomic E-state index is -4.40. The van der Waals surface area contributed by atoms with Crippen LogP contribution in [0.25, 0.3) is 0 Å². The van der Waals surface area contributed by atoms with Gasteiger partial charge in [-0.15, -0.1) is 0 Å². The molecule has 0 rings (SSSR count). The van der Waals surface area contributed by atoms with Crippen molar-refractivity contribution in [2.24, 2.45) is 0 Å². The summed E-state index contributed by atoms with van der Waals surface area (Å²) < 4.78 is 45.1. The van der Waals surface area contributed by atoms with Crippen LogP contribution in [0.1, 0.15) is 0 Å². The van der Waals surface area contributed by atoms with E-state index in [9.17, 15) is 17.6 Å². The van der Waals surface area contributed by atoms with Crippen molar-refractivity contribution in [3.8, 4) is 0 Å². The highest BCUT2D eigenvalue weighted by Gasteiger charge is 2.52. The van der Waals surface area contributed by atoms with Gasteiger partial charge in [-0.2, -0.15) is 17.6 Å². The van der Waals surface area contributed by atoms with Gasteiger partial charge in [-0.05, 0) is 28.6 Å².